The molecule has 0 bridgehead atoms. The predicted octanol–water partition coefficient (Wildman–Crippen LogP) is 1.80. The van der Waals surface area contributed by atoms with Crippen LogP contribution in [0.3, 0.4) is 0 Å². The van der Waals surface area contributed by atoms with Crippen LogP contribution >= 0.6 is 0 Å². The first-order chi connectivity index (χ1) is 12.5. The first-order valence-electron chi connectivity index (χ1n) is 9.53. The molecule has 1 aliphatic heterocycles. The Kier molecular flexibility index (Phi) is 5.58. The maximum atomic E-state index is 13.3. The van der Waals surface area contributed by atoms with E-state index in [1.54, 1.807) is 4.57 Å². The van der Waals surface area contributed by atoms with Crippen molar-refractivity contribution in [2.45, 2.75) is 72.0 Å². The maximum absolute atomic E-state index is 13.3. The van der Waals surface area contributed by atoms with E-state index in [2.05, 4.69) is 22.2 Å². The molecule has 1 amide bonds. The lowest BCUT2D eigenvalue weighted by atomic mass is 10.1. The molecule has 0 saturated heterocycles. The van der Waals surface area contributed by atoms with Crippen LogP contribution in [0.5, 0.6) is 0 Å². The van der Waals surface area contributed by atoms with E-state index in [0.29, 0.717) is 25.3 Å². The van der Waals surface area contributed by atoms with Gasteiger partial charge in [0.15, 0.2) is 0 Å². The molecule has 1 N–H and O–H groups in total. The number of nitrogens with one attached hydrogen (secondary N) is 1. The van der Waals surface area contributed by atoms with Crippen molar-refractivity contribution in [3.05, 3.63) is 33.8 Å². The minimum Gasteiger partial charge on any atom is -0.335 e. The average molecular weight is 360 g/mol. The van der Waals surface area contributed by atoms with Gasteiger partial charge >= 0.3 is 5.69 Å². The maximum Gasteiger partial charge on any atom is 0.344 e. The van der Waals surface area contributed by atoms with E-state index < -0.39 is 6.04 Å². The highest BCUT2D eigenvalue weighted by atomic mass is 16.2. The number of H-pyrrole nitrogens is 1. The van der Waals surface area contributed by atoms with Crippen molar-refractivity contribution < 1.29 is 4.79 Å². The fourth-order valence-corrected chi connectivity index (χ4v) is 3.70. The first-order valence-corrected chi connectivity index (χ1v) is 9.53. The summed E-state index contributed by atoms with van der Waals surface area (Å²) in [6.07, 6.45) is 4.27. The Morgan fingerprint density at radius 3 is 2.92 bits per heavy atom. The van der Waals surface area contributed by atoms with Crippen molar-refractivity contribution in [3.8, 4) is 0 Å². The number of aromatic amines is 1. The van der Waals surface area contributed by atoms with Gasteiger partial charge in [-0.15, -0.1) is 0 Å². The van der Waals surface area contributed by atoms with E-state index in [4.69, 9.17) is 0 Å². The zero-order chi connectivity index (χ0) is 18.7. The van der Waals surface area contributed by atoms with Crippen molar-refractivity contribution >= 4 is 5.91 Å². The van der Waals surface area contributed by atoms with E-state index >= 15 is 0 Å². The third-order valence-corrected chi connectivity index (χ3v) is 4.97. The van der Waals surface area contributed by atoms with Gasteiger partial charge in [-0.25, -0.2) is 9.89 Å². The monoisotopic (exact) mass is 360 g/mol. The van der Waals surface area contributed by atoms with Crippen LogP contribution in [0.2, 0.25) is 0 Å². The number of carbonyl (C=O) groups is 1. The largest absolute Gasteiger partial charge is 0.344 e. The summed E-state index contributed by atoms with van der Waals surface area (Å²) in [5, 5.41) is 11.1. The van der Waals surface area contributed by atoms with E-state index in [0.717, 1.165) is 43.6 Å². The minimum absolute atomic E-state index is 0.0129. The molecule has 1 atom stereocenters. The van der Waals surface area contributed by atoms with Crippen LogP contribution in [0.15, 0.2) is 10.9 Å². The number of carbonyl (C=O) groups excluding carboxylic acids is 1. The quantitative estimate of drug-likeness (QED) is 0.851. The predicted molar refractivity (Wildman–Crippen MR) is 97.8 cm³/mol. The molecule has 0 spiro atoms. The van der Waals surface area contributed by atoms with E-state index in [9.17, 15) is 9.59 Å². The molecule has 8 heteroatoms. The Labute approximate surface area is 153 Å². The first kappa shape index (κ1) is 18.4. The molecule has 26 heavy (non-hydrogen) atoms. The van der Waals surface area contributed by atoms with Gasteiger partial charge in [-0.2, -0.15) is 10.2 Å². The Morgan fingerprint density at radius 2 is 2.19 bits per heavy atom. The molecule has 3 rings (SSSR count). The Bertz CT molecular complexity index is 818. The van der Waals surface area contributed by atoms with Gasteiger partial charge < -0.3 is 4.90 Å². The van der Waals surface area contributed by atoms with Crippen molar-refractivity contribution in [2.24, 2.45) is 0 Å². The van der Waals surface area contributed by atoms with Crippen LogP contribution in [0.25, 0.3) is 0 Å². The highest BCUT2D eigenvalue weighted by molar-refractivity contribution is 5.80. The smallest absolute Gasteiger partial charge is 0.335 e. The van der Waals surface area contributed by atoms with E-state index in [1.165, 1.54) is 0 Å². The number of nitrogens with zero attached hydrogens (tertiary/aromatic N) is 5. The zero-order valence-electron chi connectivity index (χ0n) is 15.9. The molecule has 142 valence electrons. The molecule has 2 aromatic heterocycles. The molecule has 1 aliphatic rings. The summed E-state index contributed by atoms with van der Waals surface area (Å²) in [5.74, 6) is 0.676. The second kappa shape index (κ2) is 7.88. The number of amides is 1. The second-order valence-electron chi connectivity index (χ2n) is 6.93. The summed E-state index contributed by atoms with van der Waals surface area (Å²) in [7, 11) is 0. The van der Waals surface area contributed by atoms with Gasteiger partial charge in [0.05, 0.1) is 17.9 Å². The summed E-state index contributed by atoms with van der Waals surface area (Å²) < 4.78 is 3.54. The Balaban J connectivity index is 1.85. The van der Waals surface area contributed by atoms with Gasteiger partial charge in [0.2, 0.25) is 5.91 Å². The Hall–Kier alpha value is -2.38. The number of hydrogen-bond donors (Lipinski definition) is 1. The summed E-state index contributed by atoms with van der Waals surface area (Å²) in [6.45, 7) is 7.99. The highest BCUT2D eigenvalue weighted by Crippen LogP contribution is 2.24. The zero-order valence-corrected chi connectivity index (χ0v) is 15.9. The number of aryl methyl sites for hydroxylation is 3. The standard InChI is InChI=1S/C18H28N6O2/c1-4-10-23-14(11-13(3)21-23)12-22(5-2)17(25)15-8-6-7-9-16-19-20-18(26)24(15)16/h11,15H,4-10,12H2,1-3H3,(H,20,26). The molecular formula is C18H28N6O2. The summed E-state index contributed by atoms with van der Waals surface area (Å²) in [6, 6.07) is 1.57. The van der Waals surface area contributed by atoms with Crippen molar-refractivity contribution in [1.29, 1.82) is 0 Å². The molecule has 0 aliphatic carbocycles. The number of hydrogen-bond acceptors (Lipinski definition) is 4. The number of likely N-dealkylation sites (N-methyl/N-ethyl adjacent to an activating group) is 1. The second-order valence-corrected chi connectivity index (χ2v) is 6.93. The molecule has 0 saturated carbocycles. The molecular weight excluding hydrogens is 332 g/mol. The lowest BCUT2D eigenvalue weighted by Gasteiger charge is -2.26. The third kappa shape index (κ3) is 3.59. The summed E-state index contributed by atoms with van der Waals surface area (Å²) in [4.78, 5) is 27.3. The fraction of sp³-hybridized carbons (Fsp3) is 0.667. The fourth-order valence-electron chi connectivity index (χ4n) is 3.70. The van der Waals surface area contributed by atoms with Gasteiger partial charge in [0.1, 0.15) is 11.9 Å². The van der Waals surface area contributed by atoms with Crippen LogP contribution < -0.4 is 5.69 Å². The van der Waals surface area contributed by atoms with Gasteiger partial charge in [0.25, 0.3) is 0 Å². The van der Waals surface area contributed by atoms with Gasteiger partial charge in [-0.3, -0.25) is 14.0 Å². The number of rotatable bonds is 6. The average Bonchev–Trinajstić information content (AvgIpc) is 3.06. The van der Waals surface area contributed by atoms with Crippen LogP contribution in [-0.4, -0.2) is 41.9 Å². The van der Waals surface area contributed by atoms with Gasteiger partial charge in [-0.1, -0.05) is 13.3 Å². The topological polar surface area (TPSA) is 88.8 Å². The Morgan fingerprint density at radius 1 is 1.38 bits per heavy atom. The molecule has 2 aromatic rings. The van der Waals surface area contributed by atoms with E-state index in [-0.39, 0.29) is 11.6 Å². The SMILES string of the molecule is CCCn1nc(C)cc1CN(CC)C(=O)C1CCCCc2n[nH]c(=O)n21. The molecule has 3 heterocycles. The number of aromatic nitrogens is 5. The lowest BCUT2D eigenvalue weighted by molar-refractivity contribution is -0.135. The van der Waals surface area contributed by atoms with Crippen LogP contribution in [0.4, 0.5) is 0 Å². The van der Waals surface area contributed by atoms with Crippen LogP contribution in [0.1, 0.15) is 62.8 Å². The normalized spacial score (nSPS) is 17.0. The highest BCUT2D eigenvalue weighted by Gasteiger charge is 2.31. The molecule has 0 fully saturated rings. The number of fused-ring (bicyclic) bond motifs is 1. The third-order valence-electron chi connectivity index (χ3n) is 4.97. The molecule has 0 aromatic carbocycles. The minimum atomic E-state index is -0.470. The molecule has 0 radical (unpaired) electrons. The van der Waals surface area contributed by atoms with Gasteiger partial charge in [-0.05, 0) is 39.2 Å². The van der Waals surface area contributed by atoms with Crippen molar-refractivity contribution in [1.82, 2.24) is 29.4 Å². The van der Waals surface area contributed by atoms with Gasteiger partial charge in [0, 0.05) is 19.5 Å². The lowest BCUT2D eigenvalue weighted by Crippen LogP contribution is -2.40. The summed E-state index contributed by atoms with van der Waals surface area (Å²) >= 11 is 0. The molecule has 1 unspecified atom stereocenters. The van der Waals surface area contributed by atoms with E-state index in [1.807, 2.05) is 29.5 Å². The van der Waals surface area contributed by atoms with Crippen molar-refractivity contribution in [3.63, 3.8) is 0 Å². The van der Waals surface area contributed by atoms with Crippen molar-refractivity contribution in [2.75, 3.05) is 6.54 Å². The van der Waals surface area contributed by atoms with Crippen LogP contribution in [-0.2, 0) is 24.3 Å². The summed E-state index contributed by atoms with van der Waals surface area (Å²) in [5.41, 5.74) is 1.70. The van der Waals surface area contributed by atoms with Crippen LogP contribution in [0, 0.1) is 6.92 Å². The molecule has 8 nitrogen and oxygen atoms in total.